The topological polar surface area (TPSA) is 78.5 Å². The third kappa shape index (κ3) is 5.87. The van der Waals surface area contributed by atoms with Crippen LogP contribution in [0.5, 0.6) is 0 Å². The van der Waals surface area contributed by atoms with Crippen LogP contribution in [0.2, 0.25) is 0 Å². The quantitative estimate of drug-likeness (QED) is 0.661. The summed E-state index contributed by atoms with van der Waals surface area (Å²) in [7, 11) is 0. The molecule has 0 aromatic carbocycles. The van der Waals surface area contributed by atoms with Gasteiger partial charge >= 0.3 is 0 Å². The van der Waals surface area contributed by atoms with Crippen LogP contribution in [0.25, 0.3) is 10.2 Å². The second kappa shape index (κ2) is 9.60. The van der Waals surface area contributed by atoms with E-state index >= 15 is 0 Å². The van der Waals surface area contributed by atoms with Crippen molar-refractivity contribution in [1.29, 1.82) is 0 Å². The Morgan fingerprint density at radius 3 is 2.65 bits per heavy atom. The molecule has 2 rings (SSSR count). The number of rotatable bonds is 10. The van der Waals surface area contributed by atoms with Gasteiger partial charge in [0.15, 0.2) is 0 Å². The summed E-state index contributed by atoms with van der Waals surface area (Å²) in [6, 6.07) is 1.94. The number of aliphatic hydroxyl groups is 1. The van der Waals surface area contributed by atoms with Crippen molar-refractivity contribution in [2.75, 3.05) is 26.3 Å². The highest BCUT2D eigenvalue weighted by atomic mass is 32.1. The van der Waals surface area contributed by atoms with Crippen LogP contribution in [0.3, 0.4) is 0 Å². The Morgan fingerprint density at radius 2 is 2.04 bits per heavy atom. The van der Waals surface area contributed by atoms with Crippen LogP contribution in [0, 0.1) is 5.92 Å². The number of nitrogens with one attached hydrogen (secondary N) is 1. The van der Waals surface area contributed by atoms with Crippen LogP contribution in [-0.2, 0) is 11.3 Å². The Labute approximate surface area is 159 Å². The van der Waals surface area contributed by atoms with E-state index in [1.165, 1.54) is 4.88 Å². The molecule has 0 amide bonds. The largest absolute Gasteiger partial charge is 0.389 e. The van der Waals surface area contributed by atoms with E-state index in [9.17, 15) is 9.90 Å². The predicted octanol–water partition coefficient (Wildman–Crippen LogP) is 2.96. The molecule has 26 heavy (non-hydrogen) atoms. The monoisotopic (exact) mass is 381 g/mol. The molecular formula is C19H31N3O3S. The Morgan fingerprint density at radius 1 is 1.31 bits per heavy atom. The number of aromatic amines is 1. The van der Waals surface area contributed by atoms with Gasteiger partial charge in [-0.2, -0.15) is 0 Å². The summed E-state index contributed by atoms with van der Waals surface area (Å²) < 4.78 is 5.30. The lowest BCUT2D eigenvalue weighted by atomic mass is 10.2. The fraction of sp³-hybridized carbons (Fsp3) is 0.684. The maximum absolute atomic E-state index is 12.4. The number of hydrogen-bond donors (Lipinski definition) is 2. The summed E-state index contributed by atoms with van der Waals surface area (Å²) >= 11 is 1.58. The average molecular weight is 382 g/mol. The van der Waals surface area contributed by atoms with Gasteiger partial charge in [-0.1, -0.05) is 27.7 Å². The van der Waals surface area contributed by atoms with E-state index in [4.69, 9.17) is 4.74 Å². The zero-order valence-electron chi connectivity index (χ0n) is 16.4. The molecule has 1 unspecified atom stereocenters. The first-order chi connectivity index (χ1) is 12.3. The standard InChI is InChI=1S/C19H31N3O3S/c1-6-25-11-14(23)9-22(8-12(2)3)10-17-20-18(24)15-7-16(13(4)5)26-19(15)21-17/h7,12-14,23H,6,8-11H2,1-5H3,(H,20,21,24). The van der Waals surface area contributed by atoms with Gasteiger partial charge < -0.3 is 14.8 Å². The van der Waals surface area contributed by atoms with Crippen molar-refractivity contribution in [2.45, 2.75) is 53.2 Å². The molecule has 0 aliphatic heterocycles. The lowest BCUT2D eigenvalue weighted by Gasteiger charge is -2.26. The second-order valence-electron chi connectivity index (χ2n) is 7.44. The molecule has 1 atom stereocenters. The fourth-order valence-corrected chi connectivity index (χ4v) is 3.94. The third-order valence-electron chi connectivity index (χ3n) is 4.02. The van der Waals surface area contributed by atoms with Crippen molar-refractivity contribution >= 4 is 21.6 Å². The highest BCUT2D eigenvalue weighted by Gasteiger charge is 2.17. The zero-order valence-corrected chi connectivity index (χ0v) is 17.2. The minimum absolute atomic E-state index is 0.0903. The SMILES string of the molecule is CCOCC(O)CN(Cc1nc2sc(C(C)C)cc2c(=O)[nH]1)CC(C)C. The number of H-pyrrole nitrogens is 1. The molecule has 2 aromatic rings. The first-order valence-corrected chi connectivity index (χ1v) is 10.1. The van der Waals surface area contributed by atoms with Crippen molar-refractivity contribution < 1.29 is 9.84 Å². The van der Waals surface area contributed by atoms with Crippen LogP contribution in [-0.4, -0.2) is 52.4 Å². The number of fused-ring (bicyclic) bond motifs is 1. The van der Waals surface area contributed by atoms with E-state index in [0.717, 1.165) is 11.4 Å². The minimum Gasteiger partial charge on any atom is -0.389 e. The molecule has 0 saturated heterocycles. The van der Waals surface area contributed by atoms with Crippen LogP contribution in [0.4, 0.5) is 0 Å². The third-order valence-corrected chi connectivity index (χ3v) is 5.35. The van der Waals surface area contributed by atoms with Crippen molar-refractivity contribution in [1.82, 2.24) is 14.9 Å². The summed E-state index contributed by atoms with van der Waals surface area (Å²) in [6.45, 7) is 13.1. The molecule has 2 heterocycles. The van der Waals surface area contributed by atoms with Gasteiger partial charge in [-0.05, 0) is 24.8 Å². The number of thiophene rings is 1. The van der Waals surface area contributed by atoms with E-state index < -0.39 is 6.10 Å². The first kappa shape index (κ1) is 21.0. The van der Waals surface area contributed by atoms with Gasteiger partial charge in [0.05, 0.1) is 24.6 Å². The Hall–Kier alpha value is -1.28. The van der Waals surface area contributed by atoms with Gasteiger partial charge in [-0.25, -0.2) is 4.98 Å². The van der Waals surface area contributed by atoms with Gasteiger partial charge in [-0.3, -0.25) is 9.69 Å². The van der Waals surface area contributed by atoms with Crippen LogP contribution < -0.4 is 5.56 Å². The molecule has 7 heteroatoms. The number of aromatic nitrogens is 2. The molecule has 2 N–H and O–H groups in total. The number of nitrogens with zero attached hydrogens (tertiary/aromatic N) is 2. The molecule has 0 radical (unpaired) electrons. The molecule has 0 bridgehead atoms. The minimum atomic E-state index is -0.557. The average Bonchev–Trinajstić information content (AvgIpc) is 2.97. The molecule has 0 aliphatic rings. The van der Waals surface area contributed by atoms with E-state index in [-0.39, 0.29) is 5.56 Å². The molecule has 146 valence electrons. The number of ether oxygens (including phenoxy) is 1. The molecule has 0 aliphatic carbocycles. The van der Waals surface area contributed by atoms with Crippen molar-refractivity contribution in [2.24, 2.45) is 5.92 Å². The van der Waals surface area contributed by atoms with Crippen LogP contribution in [0.1, 0.15) is 51.2 Å². The van der Waals surface area contributed by atoms with E-state index in [0.29, 0.717) is 49.3 Å². The van der Waals surface area contributed by atoms with Gasteiger partial charge in [0.1, 0.15) is 10.7 Å². The van der Waals surface area contributed by atoms with E-state index in [1.807, 2.05) is 13.0 Å². The molecule has 0 fully saturated rings. The smallest absolute Gasteiger partial charge is 0.259 e. The Kier molecular flexibility index (Phi) is 7.76. The van der Waals surface area contributed by atoms with Crippen molar-refractivity contribution in [3.05, 3.63) is 27.1 Å². The number of hydrogen-bond acceptors (Lipinski definition) is 6. The zero-order chi connectivity index (χ0) is 19.3. The van der Waals surface area contributed by atoms with Gasteiger partial charge in [0, 0.05) is 24.6 Å². The molecule has 0 spiro atoms. The fourth-order valence-electron chi connectivity index (χ4n) is 2.89. The van der Waals surface area contributed by atoms with Crippen LogP contribution >= 0.6 is 11.3 Å². The maximum Gasteiger partial charge on any atom is 0.259 e. The van der Waals surface area contributed by atoms with Gasteiger partial charge in [0.25, 0.3) is 5.56 Å². The van der Waals surface area contributed by atoms with Gasteiger partial charge in [0.2, 0.25) is 0 Å². The van der Waals surface area contributed by atoms with Gasteiger partial charge in [-0.15, -0.1) is 11.3 Å². The molecule has 0 saturated carbocycles. The summed E-state index contributed by atoms with van der Waals surface area (Å²) in [4.78, 5) is 24.1. The Bertz CT molecular complexity index is 754. The maximum atomic E-state index is 12.4. The second-order valence-corrected chi connectivity index (χ2v) is 8.50. The lowest BCUT2D eigenvalue weighted by Crippen LogP contribution is -2.37. The highest BCUT2D eigenvalue weighted by molar-refractivity contribution is 7.18. The summed E-state index contributed by atoms with van der Waals surface area (Å²) in [5, 5.41) is 10.8. The highest BCUT2D eigenvalue weighted by Crippen LogP contribution is 2.27. The molecular weight excluding hydrogens is 350 g/mol. The van der Waals surface area contributed by atoms with E-state index in [2.05, 4.69) is 42.6 Å². The number of aliphatic hydroxyl groups excluding tert-OH is 1. The van der Waals surface area contributed by atoms with E-state index in [1.54, 1.807) is 11.3 Å². The normalized spacial score (nSPS) is 13.4. The lowest BCUT2D eigenvalue weighted by molar-refractivity contribution is 0.0170. The first-order valence-electron chi connectivity index (χ1n) is 9.30. The summed E-state index contributed by atoms with van der Waals surface area (Å²) in [5.74, 6) is 1.46. The van der Waals surface area contributed by atoms with Crippen molar-refractivity contribution in [3.8, 4) is 0 Å². The Balaban J connectivity index is 2.19. The van der Waals surface area contributed by atoms with Crippen LogP contribution in [0.15, 0.2) is 10.9 Å². The molecule has 2 aromatic heterocycles. The predicted molar refractivity (Wildman–Crippen MR) is 107 cm³/mol. The molecule has 6 nitrogen and oxygen atoms in total. The summed E-state index contributed by atoms with van der Waals surface area (Å²) in [6.07, 6.45) is -0.557. The van der Waals surface area contributed by atoms with Crippen molar-refractivity contribution in [3.63, 3.8) is 0 Å². The summed E-state index contributed by atoms with van der Waals surface area (Å²) in [5.41, 5.74) is -0.0903.